The van der Waals surface area contributed by atoms with Crippen molar-refractivity contribution in [1.82, 2.24) is 9.80 Å². The maximum atomic E-state index is 12.6. The fraction of sp³-hybridized carbons (Fsp3) is 0.588. The van der Waals surface area contributed by atoms with Crippen molar-refractivity contribution >= 4 is 21.8 Å². The molecule has 1 fully saturated rings. The topological polar surface area (TPSA) is 23.6 Å². The number of hydrogen-bond donors (Lipinski definition) is 0. The summed E-state index contributed by atoms with van der Waals surface area (Å²) in [5.41, 5.74) is 1.94. The molecule has 0 aliphatic carbocycles. The van der Waals surface area contributed by atoms with Crippen LogP contribution in [-0.4, -0.2) is 48.4 Å². The number of hydrogen-bond acceptors (Lipinski definition) is 2. The van der Waals surface area contributed by atoms with Gasteiger partial charge in [-0.1, -0.05) is 19.9 Å². The first-order valence-corrected chi connectivity index (χ1v) is 8.54. The van der Waals surface area contributed by atoms with Gasteiger partial charge >= 0.3 is 0 Å². The van der Waals surface area contributed by atoms with E-state index in [4.69, 9.17) is 0 Å². The Labute approximate surface area is 136 Å². The van der Waals surface area contributed by atoms with E-state index in [0.29, 0.717) is 0 Å². The van der Waals surface area contributed by atoms with Crippen molar-refractivity contribution in [1.29, 1.82) is 0 Å². The number of aryl methyl sites for hydroxylation is 1. The lowest BCUT2D eigenvalue weighted by Crippen LogP contribution is -2.49. The first-order valence-electron chi connectivity index (χ1n) is 7.75. The number of carbonyl (C=O) groups is 1. The number of nitrogens with zero attached hydrogens (tertiary/aromatic N) is 2. The van der Waals surface area contributed by atoms with E-state index in [1.165, 1.54) is 6.42 Å². The summed E-state index contributed by atoms with van der Waals surface area (Å²) in [6.07, 6.45) is 1.23. The standard InChI is InChI=1S/C17H25BrN2O/c1-13(2)6-7-19-8-10-20(11-9-19)17(21)15-5-4-14(3)12-16(15)18/h4-5,12-13H,6-11H2,1-3H3. The van der Waals surface area contributed by atoms with Crippen LogP contribution < -0.4 is 0 Å². The van der Waals surface area contributed by atoms with E-state index < -0.39 is 0 Å². The van der Waals surface area contributed by atoms with Crippen LogP contribution in [0.15, 0.2) is 22.7 Å². The van der Waals surface area contributed by atoms with E-state index in [1.807, 2.05) is 30.0 Å². The van der Waals surface area contributed by atoms with E-state index in [1.54, 1.807) is 0 Å². The van der Waals surface area contributed by atoms with Gasteiger partial charge in [-0.05, 0) is 59.4 Å². The Kier molecular flexibility index (Phi) is 5.82. The smallest absolute Gasteiger partial charge is 0.255 e. The summed E-state index contributed by atoms with van der Waals surface area (Å²) in [6.45, 7) is 11.3. The molecule has 0 radical (unpaired) electrons. The zero-order chi connectivity index (χ0) is 15.4. The number of carbonyl (C=O) groups excluding carboxylic acids is 1. The second-order valence-corrected chi connectivity index (χ2v) is 7.15. The molecule has 1 aliphatic heterocycles. The lowest BCUT2D eigenvalue weighted by atomic mass is 10.1. The molecule has 2 rings (SSSR count). The molecule has 1 heterocycles. The summed E-state index contributed by atoms with van der Waals surface area (Å²) in [6, 6.07) is 5.93. The van der Waals surface area contributed by atoms with Crippen LogP contribution in [0.3, 0.4) is 0 Å². The van der Waals surface area contributed by atoms with Crippen molar-refractivity contribution in [2.24, 2.45) is 5.92 Å². The molecular weight excluding hydrogens is 328 g/mol. The van der Waals surface area contributed by atoms with Crippen LogP contribution in [0.4, 0.5) is 0 Å². The molecule has 1 aliphatic rings. The summed E-state index contributed by atoms with van der Waals surface area (Å²) in [4.78, 5) is 17.0. The predicted molar refractivity (Wildman–Crippen MR) is 90.7 cm³/mol. The Morgan fingerprint density at radius 3 is 2.48 bits per heavy atom. The van der Waals surface area contributed by atoms with E-state index in [2.05, 4.69) is 34.7 Å². The van der Waals surface area contributed by atoms with Crippen LogP contribution in [0.5, 0.6) is 0 Å². The maximum absolute atomic E-state index is 12.6. The minimum Gasteiger partial charge on any atom is -0.336 e. The van der Waals surface area contributed by atoms with E-state index in [9.17, 15) is 4.79 Å². The van der Waals surface area contributed by atoms with Gasteiger partial charge in [0.1, 0.15) is 0 Å². The minimum absolute atomic E-state index is 0.144. The SMILES string of the molecule is Cc1ccc(C(=O)N2CCN(CCC(C)C)CC2)c(Br)c1. The van der Waals surface area contributed by atoms with Crippen LogP contribution in [0.2, 0.25) is 0 Å². The molecule has 4 heteroatoms. The van der Waals surface area contributed by atoms with Crippen molar-refractivity contribution in [2.75, 3.05) is 32.7 Å². The zero-order valence-corrected chi connectivity index (χ0v) is 14.8. The Bertz CT molecular complexity index is 494. The van der Waals surface area contributed by atoms with E-state index >= 15 is 0 Å². The molecule has 0 unspecified atom stereocenters. The lowest BCUT2D eigenvalue weighted by molar-refractivity contribution is 0.0631. The van der Waals surface area contributed by atoms with Gasteiger partial charge in [0.15, 0.2) is 0 Å². The quantitative estimate of drug-likeness (QED) is 0.826. The van der Waals surface area contributed by atoms with Crippen molar-refractivity contribution < 1.29 is 4.79 Å². The second kappa shape index (κ2) is 7.41. The van der Waals surface area contributed by atoms with E-state index in [0.717, 1.165) is 54.2 Å². The van der Waals surface area contributed by atoms with Crippen molar-refractivity contribution in [3.8, 4) is 0 Å². The molecule has 0 saturated carbocycles. The van der Waals surface area contributed by atoms with Crippen molar-refractivity contribution in [3.05, 3.63) is 33.8 Å². The van der Waals surface area contributed by atoms with Gasteiger partial charge < -0.3 is 4.90 Å². The molecule has 116 valence electrons. The molecule has 0 bridgehead atoms. The lowest BCUT2D eigenvalue weighted by Gasteiger charge is -2.35. The van der Waals surface area contributed by atoms with Gasteiger partial charge in [0.25, 0.3) is 5.91 Å². The highest BCUT2D eigenvalue weighted by atomic mass is 79.9. The number of benzene rings is 1. The number of rotatable bonds is 4. The fourth-order valence-electron chi connectivity index (χ4n) is 2.58. The molecule has 0 spiro atoms. The molecule has 3 nitrogen and oxygen atoms in total. The van der Waals surface area contributed by atoms with Gasteiger partial charge in [0.05, 0.1) is 5.56 Å². The summed E-state index contributed by atoms with van der Waals surface area (Å²) in [5.74, 6) is 0.888. The Morgan fingerprint density at radius 2 is 1.90 bits per heavy atom. The molecular formula is C17H25BrN2O. The average molecular weight is 353 g/mol. The van der Waals surface area contributed by atoms with Crippen LogP contribution in [0.25, 0.3) is 0 Å². The van der Waals surface area contributed by atoms with Gasteiger partial charge in [-0.2, -0.15) is 0 Å². The molecule has 1 aromatic carbocycles. The molecule has 21 heavy (non-hydrogen) atoms. The van der Waals surface area contributed by atoms with E-state index in [-0.39, 0.29) is 5.91 Å². The molecule has 1 saturated heterocycles. The highest BCUT2D eigenvalue weighted by Crippen LogP contribution is 2.21. The van der Waals surface area contributed by atoms with Gasteiger partial charge in [-0.25, -0.2) is 0 Å². The largest absolute Gasteiger partial charge is 0.336 e. The third kappa shape index (κ3) is 4.55. The monoisotopic (exact) mass is 352 g/mol. The van der Waals surface area contributed by atoms with Gasteiger partial charge in [-0.3, -0.25) is 9.69 Å². The zero-order valence-electron chi connectivity index (χ0n) is 13.2. The third-order valence-corrected chi connectivity index (χ3v) is 4.69. The highest BCUT2D eigenvalue weighted by Gasteiger charge is 2.23. The molecule has 0 atom stereocenters. The molecule has 1 amide bonds. The van der Waals surface area contributed by atoms with Crippen LogP contribution in [0, 0.1) is 12.8 Å². The maximum Gasteiger partial charge on any atom is 0.255 e. The van der Waals surface area contributed by atoms with Crippen LogP contribution in [0.1, 0.15) is 36.2 Å². The Balaban J connectivity index is 1.91. The number of piperazine rings is 1. The van der Waals surface area contributed by atoms with Gasteiger partial charge in [0.2, 0.25) is 0 Å². The third-order valence-electron chi connectivity index (χ3n) is 4.04. The van der Waals surface area contributed by atoms with Gasteiger partial charge in [-0.15, -0.1) is 0 Å². The molecule has 1 aromatic rings. The second-order valence-electron chi connectivity index (χ2n) is 6.30. The summed E-state index contributed by atoms with van der Waals surface area (Å²) >= 11 is 3.51. The Hall–Kier alpha value is -0.870. The first kappa shape index (κ1) is 16.5. The van der Waals surface area contributed by atoms with Crippen molar-refractivity contribution in [2.45, 2.75) is 27.2 Å². The average Bonchev–Trinajstić information content (AvgIpc) is 2.45. The predicted octanol–water partition coefficient (Wildman–Crippen LogP) is 3.56. The number of halogens is 1. The number of amides is 1. The van der Waals surface area contributed by atoms with Crippen molar-refractivity contribution in [3.63, 3.8) is 0 Å². The summed E-state index contributed by atoms with van der Waals surface area (Å²) in [7, 11) is 0. The highest BCUT2D eigenvalue weighted by molar-refractivity contribution is 9.10. The first-order chi connectivity index (χ1) is 9.97. The fourth-order valence-corrected chi connectivity index (χ4v) is 3.24. The van der Waals surface area contributed by atoms with Crippen LogP contribution in [-0.2, 0) is 0 Å². The summed E-state index contributed by atoms with van der Waals surface area (Å²) in [5, 5.41) is 0. The summed E-state index contributed by atoms with van der Waals surface area (Å²) < 4.78 is 0.898. The molecule has 0 N–H and O–H groups in total. The minimum atomic E-state index is 0.144. The normalized spacial score (nSPS) is 16.5. The van der Waals surface area contributed by atoms with Crippen LogP contribution >= 0.6 is 15.9 Å². The molecule has 0 aromatic heterocycles. The van der Waals surface area contributed by atoms with Gasteiger partial charge in [0, 0.05) is 30.7 Å². The Morgan fingerprint density at radius 1 is 1.24 bits per heavy atom.